The summed E-state index contributed by atoms with van der Waals surface area (Å²) in [6.07, 6.45) is 35.6. The van der Waals surface area contributed by atoms with Gasteiger partial charge >= 0.3 is 0 Å². The average Bonchev–Trinajstić information content (AvgIpc) is 3.18. The van der Waals surface area contributed by atoms with E-state index in [4.69, 9.17) is 28.4 Å². The molecule has 0 amide bonds. The monoisotopic (exact) mass is 731 g/mol. The lowest BCUT2D eigenvalue weighted by molar-refractivity contribution is -0.367. The van der Waals surface area contributed by atoms with Crippen LogP contribution in [0.15, 0.2) is 30.3 Å². The molecule has 2 saturated heterocycles. The van der Waals surface area contributed by atoms with E-state index in [1.807, 2.05) is 18.2 Å². The summed E-state index contributed by atoms with van der Waals surface area (Å²) in [5.74, 6) is 0. The predicted octanol–water partition coefficient (Wildman–Crippen LogP) is 13.2. The number of ether oxygens (including phenoxy) is 6. The van der Waals surface area contributed by atoms with E-state index in [1.54, 1.807) is 7.11 Å². The van der Waals surface area contributed by atoms with E-state index in [9.17, 15) is 0 Å². The van der Waals surface area contributed by atoms with Crippen LogP contribution in [-0.4, -0.2) is 57.6 Å². The van der Waals surface area contributed by atoms with Gasteiger partial charge in [-0.1, -0.05) is 211 Å². The fourth-order valence-electron chi connectivity index (χ4n) is 7.91. The molecule has 0 aliphatic carbocycles. The Morgan fingerprint density at radius 1 is 0.500 bits per heavy atom. The molecule has 1 aromatic carbocycles. The topological polar surface area (TPSA) is 55.4 Å². The Labute approximate surface area is 321 Å². The quantitative estimate of drug-likeness (QED) is 0.0658. The number of benzene rings is 1. The molecule has 0 saturated carbocycles. The summed E-state index contributed by atoms with van der Waals surface area (Å²) in [6.45, 7) is 6.40. The third-order valence-corrected chi connectivity index (χ3v) is 11.2. The highest BCUT2D eigenvalue weighted by atomic mass is 16.8. The Kier molecular flexibility index (Phi) is 27.2. The Hall–Kier alpha value is -1.02. The number of unbranched alkanes of at least 4 members (excludes halogenated alkanes) is 26. The van der Waals surface area contributed by atoms with Crippen LogP contribution in [0, 0.1) is 0 Å². The number of fused-ring (bicyclic) bond motifs is 1. The minimum atomic E-state index is -0.505. The summed E-state index contributed by atoms with van der Waals surface area (Å²) in [6, 6.07) is 10.2. The van der Waals surface area contributed by atoms with Gasteiger partial charge in [-0.15, -0.1) is 0 Å². The van der Waals surface area contributed by atoms with Gasteiger partial charge in [0.2, 0.25) is 0 Å². The SMILES string of the molecule is CCCCCCCCCCCCCCCCO[C@H]1[C@@H]2OC(c3ccccc3)OC[C@H]2OC(OC)[C@@H]1OCCCCCCCCCCCCCCCC. The number of hydrogen-bond acceptors (Lipinski definition) is 6. The summed E-state index contributed by atoms with van der Waals surface area (Å²) in [5.41, 5.74) is 1.01. The standard InChI is InChI=1S/C46H82O6/c1-4-6-8-10-12-14-16-18-20-22-24-26-28-33-37-48-43-42-41(39-50-45(52-42)40-35-31-30-32-36-40)51-46(47-3)44(43)49-38-34-29-27-25-23-21-19-17-15-13-11-9-7-5-2/h30-32,35-36,41-46H,4-29,33-34,37-39H2,1-3H3/t41-,42-,43+,44-,45?,46?/m1/s1. The predicted molar refractivity (Wildman–Crippen MR) is 216 cm³/mol. The van der Waals surface area contributed by atoms with Crippen molar-refractivity contribution in [2.75, 3.05) is 26.9 Å². The van der Waals surface area contributed by atoms with E-state index in [-0.39, 0.29) is 24.4 Å². The summed E-state index contributed by atoms with van der Waals surface area (Å²) < 4.78 is 38.3. The Morgan fingerprint density at radius 3 is 1.33 bits per heavy atom. The van der Waals surface area contributed by atoms with Gasteiger partial charge in [-0.05, 0) is 12.8 Å². The van der Waals surface area contributed by atoms with E-state index in [1.165, 1.54) is 167 Å². The first-order chi connectivity index (χ1) is 25.8. The molecule has 0 N–H and O–H groups in total. The van der Waals surface area contributed by atoms with Gasteiger partial charge in [-0.3, -0.25) is 0 Å². The summed E-state index contributed by atoms with van der Waals surface area (Å²) >= 11 is 0. The van der Waals surface area contributed by atoms with Crippen molar-refractivity contribution in [1.29, 1.82) is 0 Å². The fourth-order valence-corrected chi connectivity index (χ4v) is 7.91. The molecule has 6 atom stereocenters. The zero-order chi connectivity index (χ0) is 36.7. The average molecular weight is 731 g/mol. The third-order valence-electron chi connectivity index (χ3n) is 11.2. The van der Waals surface area contributed by atoms with E-state index in [0.717, 1.165) is 18.4 Å². The minimum Gasteiger partial charge on any atom is -0.372 e. The minimum absolute atomic E-state index is 0.257. The Morgan fingerprint density at radius 2 is 0.904 bits per heavy atom. The van der Waals surface area contributed by atoms with Gasteiger partial charge < -0.3 is 28.4 Å². The molecule has 2 aliphatic heterocycles. The number of methoxy groups -OCH3 is 1. The molecule has 52 heavy (non-hydrogen) atoms. The van der Waals surface area contributed by atoms with Crippen LogP contribution < -0.4 is 0 Å². The van der Waals surface area contributed by atoms with E-state index in [0.29, 0.717) is 19.8 Å². The van der Waals surface area contributed by atoms with Crippen LogP contribution >= 0.6 is 0 Å². The van der Waals surface area contributed by atoms with Crippen molar-refractivity contribution in [2.24, 2.45) is 0 Å². The molecule has 2 aliphatic rings. The molecule has 1 aromatic rings. The zero-order valence-corrected chi connectivity index (χ0v) is 34.2. The van der Waals surface area contributed by atoms with Gasteiger partial charge in [-0.25, -0.2) is 0 Å². The molecule has 302 valence electrons. The zero-order valence-electron chi connectivity index (χ0n) is 34.2. The maximum atomic E-state index is 6.70. The second kappa shape index (κ2) is 31.2. The molecule has 3 rings (SSSR count). The van der Waals surface area contributed by atoms with Crippen LogP contribution in [0.5, 0.6) is 0 Å². The fraction of sp³-hybridized carbons (Fsp3) is 0.870. The van der Waals surface area contributed by atoms with Crippen LogP contribution in [0.2, 0.25) is 0 Å². The molecule has 2 heterocycles. The van der Waals surface area contributed by atoms with Crippen molar-refractivity contribution in [3.8, 4) is 0 Å². The summed E-state index contributed by atoms with van der Waals surface area (Å²) in [4.78, 5) is 0. The lowest BCUT2D eigenvalue weighted by atomic mass is 9.97. The van der Waals surface area contributed by atoms with Crippen LogP contribution in [0.25, 0.3) is 0 Å². The molecule has 0 radical (unpaired) electrons. The molecule has 0 spiro atoms. The third kappa shape index (κ3) is 19.5. The number of hydrogen-bond donors (Lipinski definition) is 0. The molecule has 0 bridgehead atoms. The lowest BCUT2D eigenvalue weighted by Gasteiger charge is -2.48. The normalized spacial score (nSPS) is 23.2. The van der Waals surface area contributed by atoms with Crippen molar-refractivity contribution in [3.05, 3.63) is 35.9 Å². The molecule has 0 aromatic heterocycles. The van der Waals surface area contributed by atoms with Crippen LogP contribution in [0.1, 0.15) is 205 Å². The molecule has 2 unspecified atom stereocenters. The maximum absolute atomic E-state index is 6.70. The van der Waals surface area contributed by atoms with Gasteiger partial charge in [0, 0.05) is 25.9 Å². The highest BCUT2D eigenvalue weighted by Crippen LogP contribution is 2.36. The first kappa shape index (κ1) is 45.4. The van der Waals surface area contributed by atoms with Crippen molar-refractivity contribution >= 4 is 0 Å². The van der Waals surface area contributed by atoms with Crippen LogP contribution in [0.3, 0.4) is 0 Å². The summed E-state index contributed by atoms with van der Waals surface area (Å²) in [7, 11) is 1.70. The Bertz CT molecular complexity index is 913. The highest BCUT2D eigenvalue weighted by molar-refractivity contribution is 5.16. The highest BCUT2D eigenvalue weighted by Gasteiger charge is 2.51. The van der Waals surface area contributed by atoms with Crippen molar-refractivity contribution < 1.29 is 28.4 Å². The van der Waals surface area contributed by atoms with Gasteiger partial charge in [0.05, 0.1) is 6.61 Å². The largest absolute Gasteiger partial charge is 0.372 e. The first-order valence-corrected chi connectivity index (χ1v) is 22.5. The summed E-state index contributed by atoms with van der Waals surface area (Å²) in [5, 5.41) is 0. The lowest BCUT2D eigenvalue weighted by Crippen LogP contribution is -2.63. The molecular weight excluding hydrogens is 648 g/mol. The van der Waals surface area contributed by atoms with Crippen molar-refractivity contribution in [2.45, 2.75) is 231 Å². The van der Waals surface area contributed by atoms with Gasteiger partial charge in [-0.2, -0.15) is 0 Å². The second-order valence-corrected chi connectivity index (χ2v) is 15.8. The first-order valence-electron chi connectivity index (χ1n) is 22.5. The Balaban J connectivity index is 1.36. The maximum Gasteiger partial charge on any atom is 0.186 e. The van der Waals surface area contributed by atoms with Gasteiger partial charge in [0.15, 0.2) is 12.6 Å². The van der Waals surface area contributed by atoms with Gasteiger partial charge in [0.1, 0.15) is 24.4 Å². The number of rotatable bonds is 34. The van der Waals surface area contributed by atoms with Crippen molar-refractivity contribution in [3.63, 3.8) is 0 Å². The van der Waals surface area contributed by atoms with E-state index >= 15 is 0 Å². The molecule has 6 heteroatoms. The van der Waals surface area contributed by atoms with E-state index < -0.39 is 12.6 Å². The van der Waals surface area contributed by atoms with Crippen LogP contribution in [0.4, 0.5) is 0 Å². The smallest absolute Gasteiger partial charge is 0.186 e. The second-order valence-electron chi connectivity index (χ2n) is 15.8. The van der Waals surface area contributed by atoms with Gasteiger partial charge in [0.25, 0.3) is 0 Å². The molecule has 6 nitrogen and oxygen atoms in total. The van der Waals surface area contributed by atoms with Crippen molar-refractivity contribution in [1.82, 2.24) is 0 Å². The van der Waals surface area contributed by atoms with Crippen LogP contribution in [-0.2, 0) is 28.4 Å². The van der Waals surface area contributed by atoms with E-state index in [2.05, 4.69) is 26.0 Å². The molecular formula is C46H82O6. The molecule has 2 fully saturated rings.